The van der Waals surface area contributed by atoms with Crippen molar-refractivity contribution in [1.82, 2.24) is 9.78 Å². The lowest BCUT2D eigenvalue weighted by atomic mass is 10.2. The minimum atomic E-state index is -0.195. The fourth-order valence-electron chi connectivity index (χ4n) is 2.35. The number of nitrogens with zero attached hydrogens (tertiary/aromatic N) is 3. The lowest BCUT2D eigenvalue weighted by molar-refractivity contribution is -0.116. The van der Waals surface area contributed by atoms with Gasteiger partial charge in [-0.25, -0.2) is 0 Å². The van der Waals surface area contributed by atoms with Crippen molar-refractivity contribution in [2.45, 2.75) is 26.8 Å². The lowest BCUT2D eigenvalue weighted by Crippen LogP contribution is -2.29. The van der Waals surface area contributed by atoms with Crippen LogP contribution in [-0.4, -0.2) is 21.6 Å². The first kappa shape index (κ1) is 17.5. The summed E-state index contributed by atoms with van der Waals surface area (Å²) in [6, 6.07) is 9.10. The van der Waals surface area contributed by atoms with Crippen molar-refractivity contribution in [1.29, 1.82) is 0 Å². The lowest BCUT2D eigenvalue weighted by Gasteiger charge is -2.21. The number of aryl methyl sites for hydroxylation is 2. The third-order valence-electron chi connectivity index (χ3n) is 3.64. The zero-order valence-corrected chi connectivity index (χ0v) is 14.2. The molecule has 1 aromatic heterocycles. The van der Waals surface area contributed by atoms with E-state index in [1.165, 1.54) is 6.08 Å². The molecule has 0 aliphatic heterocycles. The van der Waals surface area contributed by atoms with E-state index in [0.717, 1.165) is 17.1 Å². The van der Waals surface area contributed by atoms with E-state index >= 15 is 0 Å². The second-order valence-corrected chi connectivity index (χ2v) is 5.48. The molecule has 2 rings (SSSR count). The molecular formula is C18H22N4O2. The Morgan fingerprint density at radius 1 is 1.33 bits per heavy atom. The number of hydrogen-bond acceptors (Lipinski definition) is 3. The van der Waals surface area contributed by atoms with Crippen LogP contribution >= 0.6 is 0 Å². The molecule has 2 amide bonds. The van der Waals surface area contributed by atoms with Gasteiger partial charge < -0.3 is 10.2 Å². The molecule has 6 heteroatoms. The van der Waals surface area contributed by atoms with Gasteiger partial charge in [-0.15, -0.1) is 0 Å². The molecule has 6 nitrogen and oxygen atoms in total. The molecule has 0 radical (unpaired) electrons. The number of nitrogens with one attached hydrogen (secondary N) is 1. The van der Waals surface area contributed by atoms with Gasteiger partial charge in [-0.1, -0.05) is 13.5 Å². The topological polar surface area (TPSA) is 67.2 Å². The molecule has 0 spiro atoms. The maximum Gasteiger partial charge on any atom is 0.250 e. The largest absolute Gasteiger partial charge is 0.326 e. The van der Waals surface area contributed by atoms with Crippen molar-refractivity contribution < 1.29 is 9.59 Å². The first-order valence-corrected chi connectivity index (χ1v) is 7.78. The molecule has 0 saturated carbocycles. The third-order valence-corrected chi connectivity index (χ3v) is 3.64. The van der Waals surface area contributed by atoms with Crippen molar-refractivity contribution >= 4 is 23.2 Å². The van der Waals surface area contributed by atoms with Crippen LogP contribution in [0.15, 0.2) is 43.0 Å². The van der Waals surface area contributed by atoms with Crippen LogP contribution in [0.4, 0.5) is 11.4 Å². The minimum Gasteiger partial charge on any atom is -0.326 e. The SMILES string of the molecule is C=CC(=O)N(Cc1cc(C)nn1C)c1ccc(NC(=O)CC)cc1. The number of carbonyl (C=O) groups excluding carboxylic acids is 2. The Morgan fingerprint density at radius 2 is 2.00 bits per heavy atom. The van der Waals surface area contributed by atoms with Crippen LogP contribution < -0.4 is 10.2 Å². The molecule has 0 aliphatic carbocycles. The summed E-state index contributed by atoms with van der Waals surface area (Å²) in [7, 11) is 1.85. The zero-order valence-electron chi connectivity index (χ0n) is 14.2. The standard InChI is InChI=1S/C18H22N4O2/c1-5-17(23)19-14-7-9-15(10-8-14)22(18(24)6-2)12-16-11-13(3)20-21(16)4/h6-11H,2,5,12H2,1,3-4H3,(H,19,23). The Balaban J connectivity index is 2.24. The van der Waals surface area contributed by atoms with E-state index in [2.05, 4.69) is 17.0 Å². The first-order valence-electron chi connectivity index (χ1n) is 7.78. The van der Waals surface area contributed by atoms with Crippen LogP contribution in [0.2, 0.25) is 0 Å². The van der Waals surface area contributed by atoms with Crippen LogP contribution in [0.3, 0.4) is 0 Å². The normalized spacial score (nSPS) is 10.3. The molecule has 0 fully saturated rings. The van der Waals surface area contributed by atoms with Gasteiger partial charge >= 0.3 is 0 Å². The summed E-state index contributed by atoms with van der Waals surface area (Å²) in [5.74, 6) is -0.244. The number of carbonyl (C=O) groups is 2. The summed E-state index contributed by atoms with van der Waals surface area (Å²) in [5, 5.41) is 7.09. The first-order chi connectivity index (χ1) is 11.4. The Hall–Kier alpha value is -2.89. The van der Waals surface area contributed by atoms with Gasteiger partial charge in [0, 0.05) is 24.8 Å². The molecule has 1 N–H and O–H groups in total. The van der Waals surface area contributed by atoms with Crippen LogP contribution in [-0.2, 0) is 23.2 Å². The maximum absolute atomic E-state index is 12.3. The average Bonchev–Trinajstić information content (AvgIpc) is 2.90. The summed E-state index contributed by atoms with van der Waals surface area (Å²) < 4.78 is 1.76. The quantitative estimate of drug-likeness (QED) is 0.830. The van der Waals surface area contributed by atoms with Gasteiger partial charge in [0.25, 0.3) is 5.91 Å². The predicted octanol–water partition coefficient (Wildman–Crippen LogP) is 2.80. The van der Waals surface area contributed by atoms with E-state index in [1.807, 2.05) is 20.0 Å². The van der Waals surface area contributed by atoms with E-state index in [-0.39, 0.29) is 11.8 Å². The smallest absolute Gasteiger partial charge is 0.250 e. The Morgan fingerprint density at radius 3 is 2.50 bits per heavy atom. The molecule has 0 unspecified atom stereocenters. The number of anilines is 2. The van der Waals surface area contributed by atoms with Gasteiger partial charge in [-0.05, 0) is 43.3 Å². The van der Waals surface area contributed by atoms with E-state index in [0.29, 0.717) is 18.7 Å². The maximum atomic E-state index is 12.3. The average molecular weight is 326 g/mol. The highest BCUT2D eigenvalue weighted by Crippen LogP contribution is 2.21. The molecule has 0 saturated heterocycles. The molecule has 126 valence electrons. The summed E-state index contributed by atoms with van der Waals surface area (Å²) in [4.78, 5) is 25.3. The Bertz CT molecular complexity index is 747. The monoisotopic (exact) mass is 326 g/mol. The van der Waals surface area contributed by atoms with Crippen LogP contribution in [0.25, 0.3) is 0 Å². The highest BCUT2D eigenvalue weighted by atomic mass is 16.2. The molecule has 2 aromatic rings. The molecule has 1 heterocycles. The summed E-state index contributed by atoms with van der Waals surface area (Å²) in [6.45, 7) is 7.67. The number of rotatable bonds is 6. The Labute approximate surface area is 141 Å². The zero-order chi connectivity index (χ0) is 17.7. The van der Waals surface area contributed by atoms with Crippen molar-refractivity contribution in [3.63, 3.8) is 0 Å². The third kappa shape index (κ3) is 4.10. The van der Waals surface area contributed by atoms with Crippen LogP contribution in [0.1, 0.15) is 24.7 Å². The predicted molar refractivity (Wildman–Crippen MR) is 94.7 cm³/mol. The molecular weight excluding hydrogens is 304 g/mol. The highest BCUT2D eigenvalue weighted by Gasteiger charge is 2.16. The second kappa shape index (κ2) is 7.59. The van der Waals surface area contributed by atoms with Crippen molar-refractivity contribution in [2.24, 2.45) is 7.05 Å². The van der Waals surface area contributed by atoms with E-state index in [1.54, 1.807) is 40.8 Å². The number of hydrogen-bond donors (Lipinski definition) is 1. The van der Waals surface area contributed by atoms with Crippen LogP contribution in [0, 0.1) is 6.92 Å². The van der Waals surface area contributed by atoms with Gasteiger partial charge in [0.15, 0.2) is 0 Å². The van der Waals surface area contributed by atoms with Gasteiger partial charge in [0.05, 0.1) is 17.9 Å². The minimum absolute atomic E-state index is 0.0490. The fraction of sp³-hybridized carbons (Fsp3) is 0.278. The number of benzene rings is 1. The van der Waals surface area contributed by atoms with E-state index in [9.17, 15) is 9.59 Å². The van der Waals surface area contributed by atoms with Gasteiger partial charge in [-0.3, -0.25) is 14.3 Å². The van der Waals surface area contributed by atoms with Crippen molar-refractivity contribution in [3.05, 3.63) is 54.4 Å². The summed E-state index contributed by atoms with van der Waals surface area (Å²) in [5.41, 5.74) is 3.25. The summed E-state index contributed by atoms with van der Waals surface area (Å²) in [6.07, 6.45) is 1.71. The van der Waals surface area contributed by atoms with Gasteiger partial charge in [0.1, 0.15) is 0 Å². The highest BCUT2D eigenvalue weighted by molar-refractivity contribution is 6.01. The second-order valence-electron chi connectivity index (χ2n) is 5.48. The molecule has 1 aromatic carbocycles. The molecule has 0 bridgehead atoms. The van der Waals surface area contributed by atoms with Crippen molar-refractivity contribution in [3.8, 4) is 0 Å². The Kier molecular flexibility index (Phi) is 5.52. The number of amides is 2. The molecule has 24 heavy (non-hydrogen) atoms. The molecule has 0 aliphatic rings. The van der Waals surface area contributed by atoms with Gasteiger partial charge in [0.2, 0.25) is 5.91 Å². The number of aromatic nitrogens is 2. The fourth-order valence-corrected chi connectivity index (χ4v) is 2.35. The van der Waals surface area contributed by atoms with E-state index < -0.39 is 0 Å². The van der Waals surface area contributed by atoms with Crippen molar-refractivity contribution in [2.75, 3.05) is 10.2 Å². The summed E-state index contributed by atoms with van der Waals surface area (Å²) >= 11 is 0. The van der Waals surface area contributed by atoms with Gasteiger partial charge in [-0.2, -0.15) is 5.10 Å². The van der Waals surface area contributed by atoms with Crippen LogP contribution in [0.5, 0.6) is 0 Å². The molecule has 0 atom stereocenters. The van der Waals surface area contributed by atoms with E-state index in [4.69, 9.17) is 0 Å².